The van der Waals surface area contributed by atoms with Gasteiger partial charge in [-0.3, -0.25) is 14.6 Å². The second-order valence-electron chi connectivity index (χ2n) is 9.94. The predicted octanol–water partition coefficient (Wildman–Crippen LogP) is 6.78. The van der Waals surface area contributed by atoms with Crippen molar-refractivity contribution in [2.45, 2.75) is 38.8 Å². The van der Waals surface area contributed by atoms with Gasteiger partial charge < -0.3 is 9.47 Å². The van der Waals surface area contributed by atoms with Crippen LogP contribution in [0.3, 0.4) is 0 Å². The Morgan fingerprint density at radius 2 is 1.55 bits per heavy atom. The summed E-state index contributed by atoms with van der Waals surface area (Å²) in [5.41, 5.74) is -2.51. The quantitative estimate of drug-likeness (QED) is 0.260. The van der Waals surface area contributed by atoms with Gasteiger partial charge in [-0.2, -0.15) is 26.3 Å². The molecule has 40 heavy (non-hydrogen) atoms. The van der Waals surface area contributed by atoms with E-state index in [1.807, 2.05) is 0 Å². The van der Waals surface area contributed by atoms with Crippen LogP contribution in [0.5, 0.6) is 0 Å². The first-order chi connectivity index (χ1) is 18.8. The fourth-order valence-corrected chi connectivity index (χ4v) is 5.12. The number of amides is 1. The standard InChI is InChI=1S/C29H23F6N3O2/c1-17-9-11-38-25(23(19-6-3-2-4-7-19)22-8-5-10-36-24(22)26(38)39)27(40)37(15-17)16-18-12-20(28(30,31)32)14-21(13-18)29(33,34)35/h2-8,10,12-14,17H,9,11,15-16H2,1H3/t17-/m1/s1. The number of hydrogen-bond acceptors (Lipinski definition) is 3. The van der Waals surface area contributed by atoms with Crippen LogP contribution in [0.4, 0.5) is 26.3 Å². The van der Waals surface area contributed by atoms with Crippen LogP contribution >= 0.6 is 0 Å². The van der Waals surface area contributed by atoms with Gasteiger partial charge in [0.2, 0.25) is 0 Å². The maximum absolute atomic E-state index is 14.2. The molecule has 2 aromatic carbocycles. The number of carbonyl (C=O) groups is 1. The number of benzene rings is 2. The summed E-state index contributed by atoms with van der Waals surface area (Å²) < 4.78 is 82.4. The number of rotatable bonds is 3. The van der Waals surface area contributed by atoms with Crippen LogP contribution in [-0.2, 0) is 25.4 Å². The van der Waals surface area contributed by atoms with E-state index in [1.54, 1.807) is 49.4 Å². The summed E-state index contributed by atoms with van der Waals surface area (Å²) >= 11 is 0. The van der Waals surface area contributed by atoms with Gasteiger partial charge in [0.15, 0.2) is 0 Å². The summed E-state index contributed by atoms with van der Waals surface area (Å²) in [4.78, 5) is 33.2. The van der Waals surface area contributed by atoms with E-state index in [0.717, 1.165) is 0 Å². The molecule has 11 heteroatoms. The number of hydrogen-bond donors (Lipinski definition) is 0. The maximum atomic E-state index is 14.2. The van der Waals surface area contributed by atoms with Gasteiger partial charge >= 0.3 is 12.4 Å². The Morgan fingerprint density at radius 1 is 0.900 bits per heavy atom. The molecule has 0 spiro atoms. The molecule has 5 rings (SSSR count). The third-order valence-electron chi connectivity index (χ3n) is 6.98. The summed E-state index contributed by atoms with van der Waals surface area (Å²) in [7, 11) is 0. The van der Waals surface area contributed by atoms with Gasteiger partial charge in [0, 0.05) is 36.8 Å². The summed E-state index contributed by atoms with van der Waals surface area (Å²) in [5, 5.41) is 0.422. The largest absolute Gasteiger partial charge is 0.416 e. The molecule has 0 radical (unpaired) electrons. The number of alkyl halides is 6. The lowest BCUT2D eigenvalue weighted by atomic mass is 9.95. The SMILES string of the molecule is C[C@@H]1CCn2c(c(-c3ccccc3)c3cccnc3c2=O)C(=O)N(Cc2cc(C(F)(F)F)cc(C(F)(F)F)c2)C1. The maximum Gasteiger partial charge on any atom is 0.416 e. The fourth-order valence-electron chi connectivity index (χ4n) is 5.12. The van der Waals surface area contributed by atoms with E-state index in [1.165, 1.54) is 15.7 Å². The Bertz CT molecular complexity index is 1610. The van der Waals surface area contributed by atoms with Gasteiger partial charge in [-0.25, -0.2) is 0 Å². The minimum Gasteiger partial charge on any atom is -0.333 e. The van der Waals surface area contributed by atoms with Crippen LogP contribution in [0.15, 0.2) is 71.7 Å². The van der Waals surface area contributed by atoms with Crippen LogP contribution in [0.25, 0.3) is 22.0 Å². The first-order valence-corrected chi connectivity index (χ1v) is 12.5. The van der Waals surface area contributed by atoms with Crippen molar-refractivity contribution >= 4 is 16.8 Å². The van der Waals surface area contributed by atoms with Gasteiger partial charge in [-0.1, -0.05) is 43.3 Å². The molecule has 4 aromatic rings. The first kappa shape index (κ1) is 27.4. The van der Waals surface area contributed by atoms with Crippen LogP contribution in [0.1, 0.15) is 40.5 Å². The number of halogens is 6. The highest BCUT2D eigenvalue weighted by Gasteiger charge is 2.38. The molecular formula is C29H23F6N3O2. The monoisotopic (exact) mass is 559 g/mol. The molecule has 2 aromatic heterocycles. The average molecular weight is 560 g/mol. The highest BCUT2D eigenvalue weighted by molar-refractivity contribution is 6.07. The van der Waals surface area contributed by atoms with Gasteiger partial charge in [0.25, 0.3) is 11.5 Å². The average Bonchev–Trinajstić information content (AvgIpc) is 2.90. The molecule has 1 amide bonds. The third kappa shape index (κ3) is 5.20. The van der Waals surface area contributed by atoms with Crippen molar-refractivity contribution in [1.82, 2.24) is 14.5 Å². The molecular weight excluding hydrogens is 536 g/mol. The topological polar surface area (TPSA) is 55.2 Å². The Morgan fingerprint density at radius 3 is 2.17 bits per heavy atom. The molecule has 1 atom stereocenters. The molecule has 0 saturated heterocycles. The molecule has 0 unspecified atom stereocenters. The number of aromatic nitrogens is 2. The van der Waals surface area contributed by atoms with Gasteiger partial charge in [-0.15, -0.1) is 0 Å². The lowest BCUT2D eigenvalue weighted by Crippen LogP contribution is -2.41. The zero-order valence-electron chi connectivity index (χ0n) is 21.2. The molecule has 3 heterocycles. The molecule has 0 bridgehead atoms. The normalized spacial score (nSPS) is 16.5. The fraction of sp³-hybridized carbons (Fsp3) is 0.276. The van der Waals surface area contributed by atoms with E-state index in [2.05, 4.69) is 4.98 Å². The van der Waals surface area contributed by atoms with E-state index >= 15 is 0 Å². The van der Waals surface area contributed by atoms with Crippen LogP contribution in [0.2, 0.25) is 0 Å². The van der Waals surface area contributed by atoms with E-state index in [4.69, 9.17) is 0 Å². The molecule has 0 saturated carbocycles. The second-order valence-corrected chi connectivity index (χ2v) is 9.94. The molecule has 5 nitrogen and oxygen atoms in total. The number of fused-ring (bicyclic) bond motifs is 2. The van der Waals surface area contributed by atoms with E-state index < -0.39 is 41.5 Å². The highest BCUT2D eigenvalue weighted by atomic mass is 19.4. The van der Waals surface area contributed by atoms with Crippen molar-refractivity contribution in [2.75, 3.05) is 6.54 Å². The molecule has 1 aliphatic rings. The highest BCUT2D eigenvalue weighted by Crippen LogP contribution is 2.37. The lowest BCUT2D eigenvalue weighted by Gasteiger charge is -2.32. The smallest absolute Gasteiger partial charge is 0.333 e. The summed E-state index contributed by atoms with van der Waals surface area (Å²) in [6.45, 7) is 1.57. The third-order valence-corrected chi connectivity index (χ3v) is 6.98. The number of carbonyl (C=O) groups excluding carboxylic acids is 1. The van der Waals surface area contributed by atoms with Crippen molar-refractivity contribution < 1.29 is 31.1 Å². The molecule has 0 N–H and O–H groups in total. The lowest BCUT2D eigenvalue weighted by molar-refractivity contribution is -0.143. The van der Waals surface area contributed by atoms with Crippen molar-refractivity contribution in [2.24, 2.45) is 5.92 Å². The Kier molecular flexibility index (Phi) is 6.93. The van der Waals surface area contributed by atoms with Crippen LogP contribution in [0, 0.1) is 5.92 Å². The first-order valence-electron chi connectivity index (χ1n) is 12.5. The summed E-state index contributed by atoms with van der Waals surface area (Å²) in [5.74, 6) is -0.865. The van der Waals surface area contributed by atoms with Crippen molar-refractivity contribution in [3.8, 4) is 11.1 Å². The van der Waals surface area contributed by atoms with Crippen molar-refractivity contribution in [3.63, 3.8) is 0 Å². The number of pyridine rings is 2. The minimum atomic E-state index is -5.02. The summed E-state index contributed by atoms with van der Waals surface area (Å²) in [6.07, 6.45) is -8.12. The van der Waals surface area contributed by atoms with Crippen LogP contribution < -0.4 is 5.56 Å². The van der Waals surface area contributed by atoms with Gasteiger partial charge in [-0.05, 0) is 47.7 Å². The molecule has 0 fully saturated rings. The number of nitrogens with zero attached hydrogens (tertiary/aromatic N) is 3. The Hall–Kier alpha value is -4.15. The van der Waals surface area contributed by atoms with E-state index in [9.17, 15) is 35.9 Å². The second kappa shape index (κ2) is 10.1. The van der Waals surface area contributed by atoms with Gasteiger partial charge in [0.1, 0.15) is 11.2 Å². The summed E-state index contributed by atoms with van der Waals surface area (Å²) in [6, 6.07) is 13.4. The van der Waals surface area contributed by atoms with E-state index in [0.29, 0.717) is 35.1 Å². The molecule has 1 aliphatic heterocycles. The zero-order valence-corrected chi connectivity index (χ0v) is 21.2. The predicted molar refractivity (Wildman–Crippen MR) is 136 cm³/mol. The van der Waals surface area contributed by atoms with Gasteiger partial charge in [0.05, 0.1) is 11.1 Å². The minimum absolute atomic E-state index is 0.0200. The molecule has 0 aliphatic carbocycles. The van der Waals surface area contributed by atoms with Crippen molar-refractivity contribution in [1.29, 1.82) is 0 Å². The van der Waals surface area contributed by atoms with Crippen LogP contribution in [-0.4, -0.2) is 26.9 Å². The van der Waals surface area contributed by atoms with Crippen molar-refractivity contribution in [3.05, 3.63) is 99.6 Å². The zero-order chi connectivity index (χ0) is 28.8. The molecule has 208 valence electrons. The Balaban J connectivity index is 1.71. The Labute approximate surface area is 224 Å². The van der Waals surface area contributed by atoms with E-state index in [-0.39, 0.29) is 41.8 Å².